The zero-order chi connectivity index (χ0) is 12.8. The Morgan fingerprint density at radius 1 is 1.50 bits per heavy atom. The van der Waals surface area contributed by atoms with Crippen molar-refractivity contribution in [3.8, 4) is 0 Å². The number of amides is 1. The number of aromatic amines is 1. The fourth-order valence-corrected chi connectivity index (χ4v) is 1.73. The smallest absolute Gasteiger partial charge is 0.220 e. The summed E-state index contributed by atoms with van der Waals surface area (Å²) in [7, 11) is 0. The summed E-state index contributed by atoms with van der Waals surface area (Å²) in [5.41, 5.74) is 2.07. The highest BCUT2D eigenvalue weighted by molar-refractivity contribution is 5.76. The molecule has 2 aromatic heterocycles. The number of imidazole rings is 1. The maximum Gasteiger partial charge on any atom is 0.220 e. The van der Waals surface area contributed by atoms with Gasteiger partial charge in [-0.3, -0.25) is 9.89 Å². The van der Waals surface area contributed by atoms with Gasteiger partial charge in [-0.25, -0.2) is 4.98 Å². The quantitative estimate of drug-likeness (QED) is 0.795. The van der Waals surface area contributed by atoms with Crippen molar-refractivity contribution < 1.29 is 4.79 Å². The molecule has 0 saturated heterocycles. The van der Waals surface area contributed by atoms with Gasteiger partial charge in [0, 0.05) is 25.4 Å². The molecule has 1 amide bonds. The van der Waals surface area contributed by atoms with Crippen LogP contribution in [0.4, 0.5) is 0 Å². The van der Waals surface area contributed by atoms with Crippen LogP contribution in [0.3, 0.4) is 0 Å². The summed E-state index contributed by atoms with van der Waals surface area (Å²) in [4.78, 5) is 15.7. The molecule has 2 rings (SSSR count). The van der Waals surface area contributed by atoms with E-state index in [9.17, 15) is 4.79 Å². The van der Waals surface area contributed by atoms with Crippen LogP contribution < -0.4 is 5.32 Å². The third-order valence-corrected chi connectivity index (χ3v) is 2.80. The van der Waals surface area contributed by atoms with Gasteiger partial charge in [0.1, 0.15) is 0 Å². The summed E-state index contributed by atoms with van der Waals surface area (Å²) >= 11 is 0. The second kappa shape index (κ2) is 6.00. The van der Waals surface area contributed by atoms with E-state index in [0.29, 0.717) is 19.4 Å². The van der Waals surface area contributed by atoms with Crippen LogP contribution in [-0.2, 0) is 24.3 Å². The van der Waals surface area contributed by atoms with Crippen molar-refractivity contribution in [2.24, 2.45) is 0 Å². The summed E-state index contributed by atoms with van der Waals surface area (Å²) in [6.45, 7) is 3.43. The van der Waals surface area contributed by atoms with Crippen molar-refractivity contribution in [3.05, 3.63) is 36.2 Å². The van der Waals surface area contributed by atoms with Crippen molar-refractivity contribution in [3.63, 3.8) is 0 Å². The molecule has 0 unspecified atom stereocenters. The molecule has 0 aromatic carbocycles. The highest BCUT2D eigenvalue weighted by atomic mass is 16.1. The predicted molar refractivity (Wildman–Crippen MR) is 66.7 cm³/mol. The average molecular weight is 247 g/mol. The Kier molecular flexibility index (Phi) is 4.11. The minimum absolute atomic E-state index is 0.0417. The van der Waals surface area contributed by atoms with Gasteiger partial charge in [0.15, 0.2) is 0 Å². The Morgan fingerprint density at radius 2 is 2.39 bits per heavy atom. The first-order valence-corrected chi connectivity index (χ1v) is 6.03. The molecule has 0 spiro atoms. The fraction of sp³-hybridized carbons (Fsp3) is 0.417. The number of carbonyl (C=O) groups excluding carboxylic acids is 1. The highest BCUT2D eigenvalue weighted by Gasteiger charge is 2.05. The number of rotatable bonds is 6. The number of nitrogens with zero attached hydrogens (tertiary/aromatic N) is 3. The minimum atomic E-state index is 0.0417. The van der Waals surface area contributed by atoms with Gasteiger partial charge in [0.2, 0.25) is 5.91 Å². The molecule has 0 bridgehead atoms. The lowest BCUT2D eigenvalue weighted by Crippen LogP contribution is -2.24. The van der Waals surface area contributed by atoms with Crippen molar-refractivity contribution in [1.82, 2.24) is 25.1 Å². The third kappa shape index (κ3) is 3.19. The molecule has 2 heterocycles. The Bertz CT molecular complexity index is 488. The minimum Gasteiger partial charge on any atom is -0.350 e. The van der Waals surface area contributed by atoms with Crippen molar-refractivity contribution >= 4 is 5.91 Å². The number of hydrogen-bond donors (Lipinski definition) is 2. The molecule has 96 valence electrons. The molecule has 0 aliphatic carbocycles. The lowest BCUT2D eigenvalue weighted by atomic mass is 10.2. The summed E-state index contributed by atoms with van der Waals surface area (Å²) in [5.74, 6) is 0.0417. The predicted octanol–water partition coefficient (Wildman–Crippen LogP) is 0.875. The Morgan fingerprint density at radius 3 is 3.11 bits per heavy atom. The number of aromatic nitrogens is 4. The van der Waals surface area contributed by atoms with Gasteiger partial charge in [-0.05, 0) is 18.9 Å². The zero-order valence-electron chi connectivity index (χ0n) is 10.4. The molecule has 0 aliphatic rings. The van der Waals surface area contributed by atoms with E-state index in [2.05, 4.69) is 20.5 Å². The SMILES string of the molecule is CCn1cncc1CNC(=O)CCc1cn[nH]c1. The van der Waals surface area contributed by atoms with E-state index in [1.807, 2.05) is 11.5 Å². The van der Waals surface area contributed by atoms with Crippen LogP contribution in [-0.4, -0.2) is 25.7 Å². The number of carbonyl (C=O) groups is 1. The standard InChI is InChI=1S/C12H17N5O/c1-2-17-9-13-7-11(17)8-14-12(18)4-3-10-5-15-16-6-10/h5-7,9H,2-4,8H2,1H3,(H,14,18)(H,15,16). The van der Waals surface area contributed by atoms with Gasteiger partial charge in [-0.15, -0.1) is 0 Å². The van der Waals surface area contributed by atoms with Crippen molar-refractivity contribution in [1.29, 1.82) is 0 Å². The third-order valence-electron chi connectivity index (χ3n) is 2.80. The first kappa shape index (κ1) is 12.3. The van der Waals surface area contributed by atoms with Gasteiger partial charge in [0.05, 0.1) is 24.8 Å². The molecule has 2 aromatic rings. The van der Waals surface area contributed by atoms with Gasteiger partial charge in [-0.2, -0.15) is 5.10 Å². The molecule has 0 aliphatic heterocycles. The van der Waals surface area contributed by atoms with Crippen molar-refractivity contribution in [2.45, 2.75) is 32.9 Å². The Labute approximate surface area is 105 Å². The highest BCUT2D eigenvalue weighted by Crippen LogP contribution is 2.01. The summed E-state index contributed by atoms with van der Waals surface area (Å²) in [5, 5.41) is 9.46. The first-order chi connectivity index (χ1) is 8.79. The van der Waals surface area contributed by atoms with E-state index in [4.69, 9.17) is 0 Å². The van der Waals surface area contributed by atoms with E-state index in [1.54, 1.807) is 24.9 Å². The molecule has 6 heteroatoms. The maximum atomic E-state index is 11.7. The van der Waals surface area contributed by atoms with Crippen LogP contribution in [0.2, 0.25) is 0 Å². The molecule has 0 atom stereocenters. The van der Waals surface area contributed by atoms with Gasteiger partial charge in [0.25, 0.3) is 0 Å². The first-order valence-electron chi connectivity index (χ1n) is 6.03. The normalized spacial score (nSPS) is 10.5. The van der Waals surface area contributed by atoms with E-state index in [0.717, 1.165) is 17.8 Å². The zero-order valence-corrected chi connectivity index (χ0v) is 10.4. The second-order valence-corrected chi connectivity index (χ2v) is 4.05. The lowest BCUT2D eigenvalue weighted by molar-refractivity contribution is -0.121. The van der Waals surface area contributed by atoms with Gasteiger partial charge >= 0.3 is 0 Å². The average Bonchev–Trinajstić information content (AvgIpc) is 3.04. The topological polar surface area (TPSA) is 75.6 Å². The van der Waals surface area contributed by atoms with Crippen LogP contribution in [0.25, 0.3) is 0 Å². The van der Waals surface area contributed by atoms with Crippen LogP contribution in [0.15, 0.2) is 24.9 Å². The van der Waals surface area contributed by atoms with E-state index >= 15 is 0 Å². The van der Waals surface area contributed by atoms with E-state index in [-0.39, 0.29) is 5.91 Å². The molecule has 2 N–H and O–H groups in total. The molecule has 18 heavy (non-hydrogen) atoms. The van der Waals surface area contributed by atoms with Gasteiger partial charge in [-0.1, -0.05) is 0 Å². The molecule has 0 radical (unpaired) electrons. The number of aryl methyl sites for hydroxylation is 2. The van der Waals surface area contributed by atoms with Gasteiger partial charge < -0.3 is 9.88 Å². The summed E-state index contributed by atoms with van der Waals surface area (Å²) in [6, 6.07) is 0. The number of nitrogens with one attached hydrogen (secondary N) is 2. The van der Waals surface area contributed by atoms with Crippen LogP contribution in [0, 0.1) is 0 Å². The fourth-order valence-electron chi connectivity index (χ4n) is 1.73. The number of H-pyrrole nitrogens is 1. The molecular formula is C12H17N5O. The monoisotopic (exact) mass is 247 g/mol. The maximum absolute atomic E-state index is 11.7. The van der Waals surface area contributed by atoms with E-state index in [1.165, 1.54) is 0 Å². The van der Waals surface area contributed by atoms with Crippen LogP contribution >= 0.6 is 0 Å². The largest absolute Gasteiger partial charge is 0.350 e. The molecule has 6 nitrogen and oxygen atoms in total. The molecular weight excluding hydrogens is 230 g/mol. The summed E-state index contributed by atoms with van der Waals surface area (Å²) in [6.07, 6.45) is 8.26. The lowest BCUT2D eigenvalue weighted by Gasteiger charge is -2.06. The molecule has 0 fully saturated rings. The summed E-state index contributed by atoms with van der Waals surface area (Å²) < 4.78 is 2.01. The number of hydrogen-bond acceptors (Lipinski definition) is 3. The Balaban J connectivity index is 1.75. The van der Waals surface area contributed by atoms with Crippen LogP contribution in [0.1, 0.15) is 24.6 Å². The Hall–Kier alpha value is -2.11. The molecule has 0 saturated carbocycles. The second-order valence-electron chi connectivity index (χ2n) is 4.05. The van der Waals surface area contributed by atoms with Crippen molar-refractivity contribution in [2.75, 3.05) is 0 Å². The van der Waals surface area contributed by atoms with E-state index < -0.39 is 0 Å². The van der Waals surface area contributed by atoms with Crippen LogP contribution in [0.5, 0.6) is 0 Å².